The van der Waals surface area contributed by atoms with E-state index in [1.54, 1.807) is 18.0 Å². The highest BCUT2D eigenvalue weighted by Crippen LogP contribution is 2.30. The number of carbonyl (C=O) groups excluding carboxylic acids is 2. The molecule has 4 fully saturated rings. The van der Waals surface area contributed by atoms with Gasteiger partial charge in [0.1, 0.15) is 11.6 Å². The number of piperazine rings is 1. The van der Waals surface area contributed by atoms with Crippen LogP contribution < -0.4 is 10.2 Å². The number of piperidine rings is 3. The zero-order chi connectivity index (χ0) is 20.1. The SMILES string of the molecule is C[C@H]1C(=O)N(C)CCN1c1nc2c(C(=O)NC3CN4CCC3CC4)cccc2o1. The molecule has 8 heteroatoms. The molecule has 2 bridgehead atoms. The lowest BCUT2D eigenvalue weighted by atomic mass is 9.84. The van der Waals surface area contributed by atoms with Crippen LogP contribution in [0.4, 0.5) is 6.01 Å². The van der Waals surface area contributed by atoms with Crippen LogP contribution in [0.5, 0.6) is 0 Å². The summed E-state index contributed by atoms with van der Waals surface area (Å²) in [5, 5.41) is 3.23. The van der Waals surface area contributed by atoms with Gasteiger partial charge in [-0.3, -0.25) is 9.59 Å². The molecule has 2 aromatic rings. The summed E-state index contributed by atoms with van der Waals surface area (Å²) in [4.78, 5) is 36.0. The number of nitrogens with zero attached hydrogens (tertiary/aromatic N) is 4. The molecule has 1 unspecified atom stereocenters. The molecule has 29 heavy (non-hydrogen) atoms. The molecule has 8 nitrogen and oxygen atoms in total. The first kappa shape index (κ1) is 18.4. The van der Waals surface area contributed by atoms with Gasteiger partial charge in [-0.25, -0.2) is 0 Å². The van der Waals surface area contributed by atoms with Crippen molar-refractivity contribution >= 4 is 28.9 Å². The number of anilines is 1. The number of nitrogens with one attached hydrogen (secondary N) is 1. The summed E-state index contributed by atoms with van der Waals surface area (Å²) in [7, 11) is 1.80. The molecule has 4 saturated heterocycles. The number of likely N-dealkylation sites (N-methyl/N-ethyl adjacent to an activating group) is 1. The van der Waals surface area contributed by atoms with E-state index in [1.807, 2.05) is 24.0 Å². The highest BCUT2D eigenvalue weighted by Gasteiger charge is 2.36. The summed E-state index contributed by atoms with van der Waals surface area (Å²) in [6.45, 7) is 6.33. The molecule has 5 heterocycles. The Hall–Kier alpha value is -2.61. The minimum absolute atomic E-state index is 0.0406. The summed E-state index contributed by atoms with van der Waals surface area (Å²) >= 11 is 0. The predicted octanol–water partition coefficient (Wildman–Crippen LogP) is 1.32. The average Bonchev–Trinajstić information content (AvgIpc) is 3.17. The zero-order valence-electron chi connectivity index (χ0n) is 16.9. The highest BCUT2D eigenvalue weighted by molar-refractivity contribution is 6.05. The van der Waals surface area contributed by atoms with Crippen molar-refractivity contribution in [1.82, 2.24) is 20.1 Å². The second-order valence-electron chi connectivity index (χ2n) is 8.50. The normalized spacial score (nSPS) is 29.5. The molecule has 4 aliphatic rings. The van der Waals surface area contributed by atoms with Gasteiger partial charge in [-0.05, 0) is 50.9 Å². The van der Waals surface area contributed by atoms with E-state index in [4.69, 9.17) is 4.42 Å². The molecule has 0 saturated carbocycles. The van der Waals surface area contributed by atoms with Crippen LogP contribution in [-0.4, -0.2) is 78.5 Å². The number of fused-ring (bicyclic) bond motifs is 4. The Morgan fingerprint density at radius 1 is 1.21 bits per heavy atom. The quantitative estimate of drug-likeness (QED) is 0.841. The number of hydrogen-bond donors (Lipinski definition) is 1. The van der Waals surface area contributed by atoms with Gasteiger partial charge in [0, 0.05) is 32.7 Å². The third kappa shape index (κ3) is 3.15. The summed E-state index contributed by atoms with van der Waals surface area (Å²) in [6.07, 6.45) is 2.30. The summed E-state index contributed by atoms with van der Waals surface area (Å²) in [5.41, 5.74) is 1.65. The lowest BCUT2D eigenvalue weighted by Crippen LogP contribution is -2.57. The highest BCUT2D eigenvalue weighted by atomic mass is 16.4. The molecule has 154 valence electrons. The first-order valence-corrected chi connectivity index (χ1v) is 10.5. The van der Waals surface area contributed by atoms with E-state index in [-0.39, 0.29) is 23.9 Å². The fourth-order valence-corrected chi connectivity index (χ4v) is 4.89. The Bertz CT molecular complexity index is 949. The number of rotatable bonds is 3. The van der Waals surface area contributed by atoms with Crippen LogP contribution in [0.3, 0.4) is 0 Å². The molecule has 1 aromatic heterocycles. The van der Waals surface area contributed by atoms with E-state index in [0.717, 1.165) is 32.5 Å². The van der Waals surface area contributed by atoms with Crippen LogP contribution in [0.25, 0.3) is 11.1 Å². The number of benzene rings is 1. The van der Waals surface area contributed by atoms with Crippen molar-refractivity contribution in [3.8, 4) is 0 Å². The first-order chi connectivity index (χ1) is 14.0. The second kappa shape index (κ2) is 7.02. The summed E-state index contributed by atoms with van der Waals surface area (Å²) < 4.78 is 5.95. The zero-order valence-corrected chi connectivity index (χ0v) is 16.9. The van der Waals surface area contributed by atoms with Crippen molar-refractivity contribution in [3.05, 3.63) is 23.8 Å². The van der Waals surface area contributed by atoms with Crippen molar-refractivity contribution in [1.29, 1.82) is 0 Å². The molecule has 6 rings (SSSR count). The maximum atomic E-state index is 13.1. The number of carbonyl (C=O) groups is 2. The van der Waals surface area contributed by atoms with E-state index >= 15 is 0 Å². The van der Waals surface area contributed by atoms with Crippen LogP contribution in [0.1, 0.15) is 30.1 Å². The molecule has 1 N–H and O–H groups in total. The second-order valence-corrected chi connectivity index (χ2v) is 8.50. The van der Waals surface area contributed by atoms with Gasteiger partial charge in [0.25, 0.3) is 11.9 Å². The lowest BCUT2D eigenvalue weighted by molar-refractivity contribution is -0.132. The van der Waals surface area contributed by atoms with Gasteiger partial charge in [-0.15, -0.1) is 0 Å². The standard InChI is InChI=1S/C21H27N5O3/c1-13-20(28)24(2)10-11-26(13)21-23-18-15(4-3-5-17(18)29-21)19(27)22-16-12-25-8-6-14(16)7-9-25/h3-5,13-14,16H,6-12H2,1-2H3,(H,22,27)/t13-,16?/m0/s1. The number of aromatic nitrogens is 1. The van der Waals surface area contributed by atoms with Crippen LogP contribution in [-0.2, 0) is 4.79 Å². The minimum atomic E-state index is -0.342. The maximum absolute atomic E-state index is 13.1. The van der Waals surface area contributed by atoms with Gasteiger partial charge in [0.05, 0.1) is 5.56 Å². The Kier molecular flexibility index (Phi) is 4.46. The Balaban J connectivity index is 1.40. The van der Waals surface area contributed by atoms with Crippen LogP contribution in [0, 0.1) is 5.92 Å². The van der Waals surface area contributed by atoms with Crippen molar-refractivity contribution in [2.45, 2.75) is 31.8 Å². The van der Waals surface area contributed by atoms with E-state index in [0.29, 0.717) is 41.7 Å². The van der Waals surface area contributed by atoms with Crippen LogP contribution in [0.2, 0.25) is 0 Å². The maximum Gasteiger partial charge on any atom is 0.299 e. The van der Waals surface area contributed by atoms with Gasteiger partial charge in [-0.2, -0.15) is 4.98 Å². The van der Waals surface area contributed by atoms with E-state index in [1.165, 1.54) is 0 Å². The fraction of sp³-hybridized carbons (Fsp3) is 0.571. The van der Waals surface area contributed by atoms with Crippen molar-refractivity contribution in [2.75, 3.05) is 44.7 Å². The van der Waals surface area contributed by atoms with Gasteiger partial charge in [0.15, 0.2) is 5.58 Å². The molecule has 0 radical (unpaired) electrons. The average molecular weight is 397 g/mol. The fourth-order valence-electron chi connectivity index (χ4n) is 4.89. The molecule has 1 aromatic carbocycles. The smallest absolute Gasteiger partial charge is 0.299 e. The van der Waals surface area contributed by atoms with Crippen molar-refractivity contribution in [3.63, 3.8) is 0 Å². The number of para-hydroxylation sites is 1. The first-order valence-electron chi connectivity index (χ1n) is 10.5. The van der Waals surface area contributed by atoms with E-state index in [9.17, 15) is 9.59 Å². The lowest BCUT2D eigenvalue weighted by Gasteiger charge is -2.44. The van der Waals surface area contributed by atoms with Gasteiger partial charge < -0.3 is 24.4 Å². The third-order valence-corrected chi connectivity index (χ3v) is 6.75. The predicted molar refractivity (Wildman–Crippen MR) is 109 cm³/mol. The summed E-state index contributed by atoms with van der Waals surface area (Å²) in [6, 6.07) is 5.69. The van der Waals surface area contributed by atoms with Crippen molar-refractivity contribution in [2.24, 2.45) is 5.92 Å². The number of amides is 2. The van der Waals surface area contributed by atoms with E-state index < -0.39 is 0 Å². The van der Waals surface area contributed by atoms with Gasteiger partial charge in [0.2, 0.25) is 5.91 Å². The topological polar surface area (TPSA) is 81.9 Å². The minimum Gasteiger partial charge on any atom is -0.423 e. The molecular formula is C21H27N5O3. The summed E-state index contributed by atoms with van der Waals surface area (Å²) in [5.74, 6) is 0.503. The third-order valence-electron chi connectivity index (χ3n) is 6.75. The van der Waals surface area contributed by atoms with Gasteiger partial charge in [-0.1, -0.05) is 6.07 Å². The van der Waals surface area contributed by atoms with Gasteiger partial charge >= 0.3 is 0 Å². The molecule has 0 aliphatic carbocycles. The molecule has 0 spiro atoms. The Morgan fingerprint density at radius 3 is 2.72 bits per heavy atom. The number of hydrogen-bond acceptors (Lipinski definition) is 6. The van der Waals surface area contributed by atoms with E-state index in [2.05, 4.69) is 15.2 Å². The molecular weight excluding hydrogens is 370 g/mol. The number of oxazole rings is 1. The van der Waals surface area contributed by atoms with Crippen LogP contribution >= 0.6 is 0 Å². The molecule has 2 atom stereocenters. The Morgan fingerprint density at radius 2 is 2.00 bits per heavy atom. The Labute approximate surface area is 169 Å². The molecule has 4 aliphatic heterocycles. The largest absolute Gasteiger partial charge is 0.423 e. The molecule has 2 amide bonds. The monoisotopic (exact) mass is 397 g/mol. The van der Waals surface area contributed by atoms with Crippen molar-refractivity contribution < 1.29 is 14.0 Å². The van der Waals surface area contributed by atoms with Crippen LogP contribution in [0.15, 0.2) is 22.6 Å².